The Labute approximate surface area is 179 Å². The number of hydrogen-bond donors (Lipinski definition) is 2. The van der Waals surface area contributed by atoms with Crippen LogP contribution in [-0.2, 0) is 4.74 Å². The first-order chi connectivity index (χ1) is 12.2. The number of thiophene rings is 1. The number of anilines is 1. The molecule has 1 saturated carbocycles. The number of aliphatic imine (C=N–C) groups is 1. The van der Waals surface area contributed by atoms with Crippen molar-refractivity contribution >= 4 is 46.3 Å². The van der Waals surface area contributed by atoms with Crippen LogP contribution in [0.1, 0.15) is 38.5 Å². The van der Waals surface area contributed by atoms with Gasteiger partial charge in [0, 0.05) is 46.4 Å². The lowest BCUT2D eigenvalue weighted by atomic mass is 9.67. The number of piperidine rings is 1. The largest absolute Gasteiger partial charge is 0.385 e. The lowest BCUT2D eigenvalue weighted by Gasteiger charge is -2.42. The van der Waals surface area contributed by atoms with Crippen molar-refractivity contribution in [1.29, 1.82) is 0 Å². The predicted octanol–water partition coefficient (Wildman–Crippen LogP) is 3.71. The van der Waals surface area contributed by atoms with Gasteiger partial charge in [0.1, 0.15) is 0 Å². The first-order valence-electron chi connectivity index (χ1n) is 9.49. The maximum absolute atomic E-state index is 5.29. The Kier molecular flexibility index (Phi) is 8.96. The summed E-state index contributed by atoms with van der Waals surface area (Å²) in [7, 11) is 3.67. The van der Waals surface area contributed by atoms with E-state index in [9.17, 15) is 0 Å². The smallest absolute Gasteiger partial charge is 0.191 e. The Morgan fingerprint density at radius 3 is 2.69 bits per heavy atom. The number of ether oxygens (including phenoxy) is 1. The molecule has 2 heterocycles. The Hall–Kier alpha value is -0.540. The van der Waals surface area contributed by atoms with E-state index >= 15 is 0 Å². The number of rotatable bonds is 7. The molecule has 1 aromatic rings. The summed E-state index contributed by atoms with van der Waals surface area (Å²) in [5.74, 6) is 0.957. The van der Waals surface area contributed by atoms with E-state index in [2.05, 4.69) is 38.0 Å². The van der Waals surface area contributed by atoms with Crippen molar-refractivity contribution in [2.24, 2.45) is 10.4 Å². The molecule has 2 aliphatic rings. The van der Waals surface area contributed by atoms with Crippen molar-refractivity contribution in [2.45, 2.75) is 44.6 Å². The summed E-state index contributed by atoms with van der Waals surface area (Å²) in [6.07, 6.45) is 7.42. The molecule has 1 aromatic heterocycles. The Bertz CT molecular complexity index is 540. The van der Waals surface area contributed by atoms with E-state index < -0.39 is 0 Å². The molecule has 5 nitrogen and oxygen atoms in total. The molecular weight excluding hydrogens is 459 g/mol. The van der Waals surface area contributed by atoms with Gasteiger partial charge in [0.15, 0.2) is 5.96 Å². The van der Waals surface area contributed by atoms with E-state index in [1.165, 1.54) is 24.3 Å². The SMILES string of the molecule is CN=C(NCC1(CCOC)CCC1)NC1CCN(c2cccs2)CC1.I. The molecule has 2 fully saturated rings. The lowest BCUT2D eigenvalue weighted by Crippen LogP contribution is -2.51. The van der Waals surface area contributed by atoms with Gasteiger partial charge in [-0.3, -0.25) is 4.99 Å². The van der Waals surface area contributed by atoms with Gasteiger partial charge in [0.25, 0.3) is 0 Å². The predicted molar refractivity (Wildman–Crippen MR) is 122 cm³/mol. The quantitative estimate of drug-likeness (QED) is 0.346. The molecule has 1 saturated heterocycles. The second kappa shape index (κ2) is 10.7. The van der Waals surface area contributed by atoms with Crippen LogP contribution < -0.4 is 15.5 Å². The van der Waals surface area contributed by atoms with Crippen LogP contribution in [0, 0.1) is 5.41 Å². The van der Waals surface area contributed by atoms with Gasteiger partial charge in [-0.25, -0.2) is 0 Å². The van der Waals surface area contributed by atoms with E-state index in [0.717, 1.165) is 51.5 Å². The highest BCUT2D eigenvalue weighted by Gasteiger charge is 2.36. The average Bonchev–Trinajstić information content (AvgIpc) is 3.14. The molecule has 0 amide bonds. The van der Waals surface area contributed by atoms with Gasteiger partial charge in [-0.1, -0.05) is 6.42 Å². The fourth-order valence-corrected chi connectivity index (χ4v) is 4.65. The van der Waals surface area contributed by atoms with Gasteiger partial charge in [-0.05, 0) is 55.0 Å². The molecule has 148 valence electrons. The molecule has 0 bridgehead atoms. The lowest BCUT2D eigenvalue weighted by molar-refractivity contribution is 0.0732. The molecule has 26 heavy (non-hydrogen) atoms. The molecule has 2 N–H and O–H groups in total. The van der Waals surface area contributed by atoms with Crippen molar-refractivity contribution in [3.8, 4) is 0 Å². The van der Waals surface area contributed by atoms with Crippen LogP contribution in [0.2, 0.25) is 0 Å². The average molecular weight is 492 g/mol. The van der Waals surface area contributed by atoms with Crippen LogP contribution in [0.15, 0.2) is 22.5 Å². The number of halogens is 1. The maximum Gasteiger partial charge on any atom is 0.191 e. The first-order valence-corrected chi connectivity index (χ1v) is 10.4. The van der Waals surface area contributed by atoms with Crippen molar-refractivity contribution < 1.29 is 4.74 Å². The molecule has 1 aliphatic heterocycles. The summed E-state index contributed by atoms with van der Waals surface area (Å²) < 4.78 is 5.29. The van der Waals surface area contributed by atoms with Crippen LogP contribution in [-0.4, -0.2) is 52.4 Å². The first kappa shape index (κ1) is 21.8. The number of nitrogens with zero attached hydrogens (tertiary/aromatic N) is 2. The van der Waals surface area contributed by atoms with Crippen molar-refractivity contribution in [3.63, 3.8) is 0 Å². The molecule has 0 atom stereocenters. The van der Waals surface area contributed by atoms with Crippen molar-refractivity contribution in [2.75, 3.05) is 45.3 Å². The third kappa shape index (κ3) is 5.73. The molecule has 3 rings (SSSR count). The van der Waals surface area contributed by atoms with Gasteiger partial charge < -0.3 is 20.3 Å². The number of methoxy groups -OCH3 is 1. The summed E-state index contributed by atoms with van der Waals surface area (Å²) in [6.45, 7) is 4.10. The van der Waals surface area contributed by atoms with Crippen LogP contribution in [0.25, 0.3) is 0 Å². The summed E-state index contributed by atoms with van der Waals surface area (Å²) >= 11 is 1.83. The molecule has 7 heteroatoms. The van der Waals surface area contributed by atoms with E-state index in [4.69, 9.17) is 4.74 Å². The summed E-state index contributed by atoms with van der Waals surface area (Å²) in [5.41, 5.74) is 0.413. The van der Waals surface area contributed by atoms with Gasteiger partial charge in [0.2, 0.25) is 0 Å². The van der Waals surface area contributed by atoms with Crippen LogP contribution in [0.3, 0.4) is 0 Å². The number of hydrogen-bond acceptors (Lipinski definition) is 4. The summed E-state index contributed by atoms with van der Waals surface area (Å²) in [4.78, 5) is 6.94. The standard InChI is InChI=1S/C19H32N4OS.HI/c1-20-18(21-15-19(8-4-9-19)10-13-24-2)22-16-6-11-23(12-7-16)17-5-3-14-25-17;/h3,5,14,16H,4,6-13,15H2,1-2H3,(H2,20,21,22);1H. The zero-order chi connectivity index (χ0) is 17.5. The van der Waals surface area contributed by atoms with Crippen molar-refractivity contribution in [1.82, 2.24) is 10.6 Å². The molecule has 0 radical (unpaired) electrons. The Morgan fingerprint density at radius 2 is 2.15 bits per heavy atom. The number of guanidine groups is 1. The van der Waals surface area contributed by atoms with Gasteiger partial charge >= 0.3 is 0 Å². The van der Waals surface area contributed by atoms with Crippen molar-refractivity contribution in [3.05, 3.63) is 17.5 Å². The zero-order valence-corrected chi connectivity index (χ0v) is 19.1. The molecule has 0 spiro atoms. The highest BCUT2D eigenvalue weighted by molar-refractivity contribution is 14.0. The molecule has 0 aromatic carbocycles. The van der Waals surface area contributed by atoms with Gasteiger partial charge in [-0.2, -0.15) is 0 Å². The maximum atomic E-state index is 5.29. The number of nitrogens with one attached hydrogen (secondary N) is 2. The molecule has 0 unspecified atom stereocenters. The second-order valence-electron chi connectivity index (χ2n) is 7.38. The van der Waals surface area contributed by atoms with Crippen LogP contribution >= 0.6 is 35.3 Å². The highest BCUT2D eigenvalue weighted by Crippen LogP contribution is 2.43. The van der Waals surface area contributed by atoms with Gasteiger partial charge in [0.05, 0.1) is 5.00 Å². The van der Waals surface area contributed by atoms with E-state index in [-0.39, 0.29) is 24.0 Å². The minimum Gasteiger partial charge on any atom is -0.385 e. The monoisotopic (exact) mass is 492 g/mol. The second-order valence-corrected chi connectivity index (χ2v) is 8.31. The van der Waals surface area contributed by atoms with Crippen LogP contribution in [0.4, 0.5) is 5.00 Å². The van der Waals surface area contributed by atoms with Gasteiger partial charge in [-0.15, -0.1) is 35.3 Å². The third-order valence-electron chi connectivity index (χ3n) is 5.76. The fraction of sp³-hybridized carbons (Fsp3) is 0.737. The summed E-state index contributed by atoms with van der Waals surface area (Å²) in [6, 6.07) is 4.87. The van der Waals surface area contributed by atoms with Crippen LogP contribution in [0.5, 0.6) is 0 Å². The fourth-order valence-electron chi connectivity index (χ4n) is 3.86. The molecule has 1 aliphatic carbocycles. The minimum atomic E-state index is 0. The minimum absolute atomic E-state index is 0. The van der Waals surface area contributed by atoms with E-state index in [0.29, 0.717) is 11.5 Å². The third-order valence-corrected chi connectivity index (χ3v) is 6.69. The normalized spacial score (nSPS) is 20.2. The molecular formula is C19H33IN4OS. The van der Waals surface area contributed by atoms with E-state index in [1.54, 1.807) is 7.11 Å². The highest BCUT2D eigenvalue weighted by atomic mass is 127. The topological polar surface area (TPSA) is 48.9 Å². The Balaban J connectivity index is 0.00000243. The zero-order valence-electron chi connectivity index (χ0n) is 16.0. The summed E-state index contributed by atoms with van der Waals surface area (Å²) in [5, 5.41) is 10.8. The Morgan fingerprint density at radius 1 is 1.38 bits per heavy atom. The van der Waals surface area contributed by atoms with E-state index in [1.807, 2.05) is 18.4 Å².